The van der Waals surface area contributed by atoms with Crippen LogP contribution < -0.4 is 5.32 Å². The van der Waals surface area contributed by atoms with Gasteiger partial charge in [0.2, 0.25) is 0 Å². The van der Waals surface area contributed by atoms with Gasteiger partial charge in [0.25, 0.3) is 5.91 Å². The molecule has 3 heterocycles. The van der Waals surface area contributed by atoms with E-state index < -0.39 is 0 Å². The number of para-hydroxylation sites is 1. The summed E-state index contributed by atoms with van der Waals surface area (Å²) in [7, 11) is 0. The number of likely N-dealkylation sites (tertiary alicyclic amines) is 1. The first-order chi connectivity index (χ1) is 11.7. The van der Waals surface area contributed by atoms with E-state index in [0.717, 1.165) is 67.8 Å². The summed E-state index contributed by atoms with van der Waals surface area (Å²) >= 11 is 0. The van der Waals surface area contributed by atoms with E-state index in [1.165, 1.54) is 0 Å². The van der Waals surface area contributed by atoms with Crippen molar-refractivity contribution in [2.75, 3.05) is 39.3 Å². The van der Waals surface area contributed by atoms with E-state index in [9.17, 15) is 4.79 Å². The van der Waals surface area contributed by atoms with E-state index in [1.807, 2.05) is 42.2 Å². The molecule has 0 radical (unpaired) electrons. The highest BCUT2D eigenvalue weighted by molar-refractivity contribution is 6.06. The number of nitrogens with zero attached hydrogens (tertiary/aromatic N) is 3. The highest BCUT2D eigenvalue weighted by Crippen LogP contribution is 2.23. The second kappa shape index (κ2) is 9.00. The number of halogens is 2. The number of fused-ring (bicyclic) bond motifs is 1. The van der Waals surface area contributed by atoms with Crippen LogP contribution in [0.25, 0.3) is 10.9 Å². The van der Waals surface area contributed by atoms with Gasteiger partial charge in [0.15, 0.2) is 0 Å². The number of rotatable bonds is 2. The highest BCUT2D eigenvalue weighted by Gasteiger charge is 2.31. The van der Waals surface area contributed by atoms with E-state index in [0.29, 0.717) is 6.04 Å². The SMILES string of the molecule is Cc1cc(C(=O)N2CCC(N3CCNCC3)C2)c2ccccc2n1.Cl.Cl. The zero-order valence-corrected chi connectivity index (χ0v) is 16.6. The van der Waals surface area contributed by atoms with Gasteiger partial charge in [-0.15, -0.1) is 24.8 Å². The number of hydrogen-bond donors (Lipinski definition) is 1. The summed E-state index contributed by atoms with van der Waals surface area (Å²) in [6.45, 7) is 7.93. The number of pyridine rings is 1. The lowest BCUT2D eigenvalue weighted by atomic mass is 10.1. The molecule has 5 nitrogen and oxygen atoms in total. The summed E-state index contributed by atoms with van der Waals surface area (Å²) in [5, 5.41) is 4.35. The third-order valence-electron chi connectivity index (χ3n) is 5.19. The van der Waals surface area contributed by atoms with Gasteiger partial charge >= 0.3 is 0 Å². The maximum atomic E-state index is 13.1. The Labute approximate surface area is 167 Å². The van der Waals surface area contributed by atoms with Crippen molar-refractivity contribution in [2.45, 2.75) is 19.4 Å². The minimum Gasteiger partial charge on any atom is -0.337 e. The van der Waals surface area contributed by atoms with E-state index in [-0.39, 0.29) is 30.7 Å². The van der Waals surface area contributed by atoms with E-state index >= 15 is 0 Å². The Morgan fingerprint density at radius 3 is 2.65 bits per heavy atom. The average molecular weight is 397 g/mol. The molecule has 2 saturated heterocycles. The summed E-state index contributed by atoms with van der Waals surface area (Å²) in [5.41, 5.74) is 2.59. The van der Waals surface area contributed by atoms with E-state index in [2.05, 4.69) is 15.2 Å². The Morgan fingerprint density at radius 2 is 1.88 bits per heavy atom. The molecular formula is C19H26Cl2N4O. The first-order valence-corrected chi connectivity index (χ1v) is 8.83. The number of aromatic nitrogens is 1. The zero-order chi connectivity index (χ0) is 16.5. The van der Waals surface area contributed by atoms with Gasteiger partial charge in [-0.2, -0.15) is 0 Å². The number of carbonyl (C=O) groups excluding carboxylic acids is 1. The molecule has 142 valence electrons. The molecule has 2 aliphatic heterocycles. The van der Waals surface area contributed by atoms with Gasteiger partial charge in [-0.1, -0.05) is 18.2 Å². The van der Waals surface area contributed by atoms with Crippen LogP contribution in [0.2, 0.25) is 0 Å². The second-order valence-corrected chi connectivity index (χ2v) is 6.81. The largest absolute Gasteiger partial charge is 0.337 e. The minimum atomic E-state index is 0. The lowest BCUT2D eigenvalue weighted by molar-refractivity contribution is 0.0775. The molecule has 2 fully saturated rings. The topological polar surface area (TPSA) is 48.5 Å². The van der Waals surface area contributed by atoms with Crippen molar-refractivity contribution < 1.29 is 4.79 Å². The molecule has 2 aromatic rings. The van der Waals surface area contributed by atoms with Crippen LogP contribution in [0.4, 0.5) is 0 Å². The Kier molecular flexibility index (Phi) is 7.24. The molecular weight excluding hydrogens is 371 g/mol. The predicted octanol–water partition coefficient (Wildman–Crippen LogP) is 2.51. The van der Waals surface area contributed by atoms with Crippen LogP contribution in [0.5, 0.6) is 0 Å². The van der Waals surface area contributed by atoms with Crippen LogP contribution in [0.1, 0.15) is 22.5 Å². The molecule has 1 amide bonds. The average Bonchev–Trinajstić information content (AvgIpc) is 3.11. The summed E-state index contributed by atoms with van der Waals surface area (Å²) in [6, 6.07) is 10.4. The van der Waals surface area contributed by atoms with Gasteiger partial charge < -0.3 is 10.2 Å². The summed E-state index contributed by atoms with van der Waals surface area (Å²) < 4.78 is 0. The van der Waals surface area contributed by atoms with Crippen molar-refractivity contribution in [3.63, 3.8) is 0 Å². The quantitative estimate of drug-likeness (QED) is 0.846. The predicted molar refractivity (Wildman–Crippen MR) is 110 cm³/mol. The Hall–Kier alpha value is -1.40. The van der Waals surface area contributed by atoms with Crippen molar-refractivity contribution in [1.82, 2.24) is 20.1 Å². The van der Waals surface area contributed by atoms with Crippen LogP contribution in [0.15, 0.2) is 30.3 Å². The lowest BCUT2D eigenvalue weighted by Gasteiger charge is -2.32. The normalized spacial score (nSPS) is 20.5. The van der Waals surface area contributed by atoms with Crippen molar-refractivity contribution in [3.05, 3.63) is 41.6 Å². The Balaban J connectivity index is 0.00000121. The van der Waals surface area contributed by atoms with Crippen LogP contribution in [-0.2, 0) is 0 Å². The monoisotopic (exact) mass is 396 g/mol. The fraction of sp³-hybridized carbons (Fsp3) is 0.474. The number of benzene rings is 1. The zero-order valence-electron chi connectivity index (χ0n) is 15.0. The fourth-order valence-electron chi connectivity index (χ4n) is 3.93. The van der Waals surface area contributed by atoms with E-state index in [4.69, 9.17) is 0 Å². The molecule has 0 aliphatic carbocycles. The van der Waals surface area contributed by atoms with Crippen molar-refractivity contribution in [2.24, 2.45) is 0 Å². The van der Waals surface area contributed by atoms with Crippen LogP contribution in [0.3, 0.4) is 0 Å². The van der Waals surface area contributed by atoms with Gasteiger partial charge in [-0.25, -0.2) is 0 Å². The first kappa shape index (κ1) is 20.9. The van der Waals surface area contributed by atoms with Gasteiger partial charge in [-0.05, 0) is 25.5 Å². The lowest BCUT2D eigenvalue weighted by Crippen LogP contribution is -2.49. The summed E-state index contributed by atoms with van der Waals surface area (Å²) in [6.07, 6.45) is 1.08. The van der Waals surface area contributed by atoms with Crippen molar-refractivity contribution in [1.29, 1.82) is 0 Å². The van der Waals surface area contributed by atoms with Crippen LogP contribution >= 0.6 is 24.8 Å². The molecule has 0 saturated carbocycles. The molecule has 0 bridgehead atoms. The van der Waals surface area contributed by atoms with Gasteiger partial charge in [0.05, 0.1) is 11.1 Å². The molecule has 2 aliphatic rings. The molecule has 4 rings (SSSR count). The van der Waals surface area contributed by atoms with Gasteiger partial charge in [0.1, 0.15) is 0 Å². The first-order valence-electron chi connectivity index (χ1n) is 8.83. The Bertz CT molecular complexity index is 764. The number of piperazine rings is 1. The molecule has 1 aromatic carbocycles. The summed E-state index contributed by atoms with van der Waals surface area (Å²) in [4.78, 5) is 22.2. The number of carbonyl (C=O) groups is 1. The smallest absolute Gasteiger partial charge is 0.254 e. The van der Waals surface area contributed by atoms with Crippen molar-refractivity contribution >= 4 is 41.6 Å². The molecule has 7 heteroatoms. The van der Waals surface area contributed by atoms with Crippen molar-refractivity contribution in [3.8, 4) is 0 Å². The maximum absolute atomic E-state index is 13.1. The van der Waals surface area contributed by atoms with Gasteiger partial charge in [-0.3, -0.25) is 14.7 Å². The minimum absolute atomic E-state index is 0. The third kappa shape index (κ3) is 4.12. The highest BCUT2D eigenvalue weighted by atomic mass is 35.5. The maximum Gasteiger partial charge on any atom is 0.254 e. The molecule has 1 N–H and O–H groups in total. The third-order valence-corrected chi connectivity index (χ3v) is 5.19. The number of nitrogens with one attached hydrogen (secondary N) is 1. The number of amides is 1. The number of aryl methyl sites for hydroxylation is 1. The standard InChI is InChI=1S/C19H24N4O.2ClH/c1-14-12-17(16-4-2-3-5-18(16)21-14)19(24)23-9-6-15(13-23)22-10-7-20-8-11-22;;/h2-5,12,15,20H,6-11,13H2,1H3;2*1H. The Morgan fingerprint density at radius 1 is 1.15 bits per heavy atom. The van der Waals surface area contributed by atoms with Crippen LogP contribution in [-0.4, -0.2) is 66.0 Å². The molecule has 0 spiro atoms. The second-order valence-electron chi connectivity index (χ2n) is 6.81. The molecule has 1 unspecified atom stereocenters. The number of hydrogen-bond acceptors (Lipinski definition) is 4. The summed E-state index contributed by atoms with van der Waals surface area (Å²) in [5.74, 6) is 0.148. The van der Waals surface area contributed by atoms with Gasteiger partial charge in [0, 0.05) is 56.4 Å². The molecule has 26 heavy (non-hydrogen) atoms. The molecule has 1 aromatic heterocycles. The fourth-order valence-corrected chi connectivity index (χ4v) is 3.93. The van der Waals surface area contributed by atoms with E-state index in [1.54, 1.807) is 0 Å². The van der Waals surface area contributed by atoms with Crippen LogP contribution in [0, 0.1) is 6.92 Å². The molecule has 1 atom stereocenters.